The normalized spacial score (nSPS) is 11.9. The van der Waals surface area contributed by atoms with E-state index >= 15 is 0 Å². The zero-order chi connectivity index (χ0) is 13.5. The van der Waals surface area contributed by atoms with Gasteiger partial charge in [0.15, 0.2) is 0 Å². The zero-order valence-corrected chi connectivity index (χ0v) is 10.5. The molecule has 0 aliphatic carbocycles. The average molecular weight is 249 g/mol. The number of carbonyl (C=O) groups excluding carboxylic acids is 2. The average Bonchev–Trinajstić information content (AvgIpc) is 2.35. The van der Waals surface area contributed by atoms with Crippen LogP contribution in [-0.2, 0) is 16.0 Å². The van der Waals surface area contributed by atoms with Crippen molar-refractivity contribution < 1.29 is 9.59 Å². The van der Waals surface area contributed by atoms with Crippen molar-refractivity contribution in [3.8, 4) is 0 Å². The molecular formula is C13H19N3O2. The molecule has 4 N–H and O–H groups in total. The standard InChI is InChI=1S/C13H19N3O2/c1-16(9-12(15)17)13(18)11(14)8-7-10-5-3-2-4-6-10/h2-6,11H,7-9,14H2,1H3,(H2,15,17). The Bertz CT molecular complexity index is 406. The quantitative estimate of drug-likeness (QED) is 0.737. The number of nitrogens with two attached hydrogens (primary N) is 2. The molecule has 0 aromatic heterocycles. The number of aryl methyl sites for hydroxylation is 1. The van der Waals surface area contributed by atoms with Crippen LogP contribution in [0.1, 0.15) is 12.0 Å². The van der Waals surface area contributed by atoms with Gasteiger partial charge in [-0.3, -0.25) is 9.59 Å². The summed E-state index contributed by atoms with van der Waals surface area (Å²) in [4.78, 5) is 23.8. The van der Waals surface area contributed by atoms with Crippen molar-refractivity contribution in [1.29, 1.82) is 0 Å². The molecule has 0 saturated heterocycles. The third-order valence-electron chi connectivity index (χ3n) is 2.67. The Balaban J connectivity index is 2.43. The van der Waals surface area contributed by atoms with Gasteiger partial charge >= 0.3 is 0 Å². The summed E-state index contributed by atoms with van der Waals surface area (Å²) in [7, 11) is 1.52. The molecule has 98 valence electrons. The zero-order valence-electron chi connectivity index (χ0n) is 10.5. The van der Waals surface area contributed by atoms with E-state index in [0.29, 0.717) is 6.42 Å². The van der Waals surface area contributed by atoms with Gasteiger partial charge in [-0.2, -0.15) is 0 Å². The van der Waals surface area contributed by atoms with Crippen molar-refractivity contribution in [2.75, 3.05) is 13.6 Å². The maximum atomic E-state index is 11.8. The first-order chi connectivity index (χ1) is 8.50. The summed E-state index contributed by atoms with van der Waals surface area (Å²) in [6.07, 6.45) is 1.28. The molecule has 2 amide bonds. The molecule has 0 bridgehead atoms. The monoisotopic (exact) mass is 249 g/mol. The molecule has 5 nitrogen and oxygen atoms in total. The summed E-state index contributed by atoms with van der Waals surface area (Å²) in [6.45, 7) is -0.0993. The van der Waals surface area contributed by atoms with Crippen LogP contribution in [0.5, 0.6) is 0 Å². The lowest BCUT2D eigenvalue weighted by atomic mass is 10.1. The van der Waals surface area contributed by atoms with Crippen LogP contribution in [-0.4, -0.2) is 36.3 Å². The Kier molecular flexibility index (Phi) is 5.32. The summed E-state index contributed by atoms with van der Waals surface area (Å²) < 4.78 is 0. The Morgan fingerprint density at radius 3 is 2.44 bits per heavy atom. The van der Waals surface area contributed by atoms with Gasteiger partial charge in [-0.1, -0.05) is 30.3 Å². The molecule has 1 aromatic carbocycles. The van der Waals surface area contributed by atoms with Crippen LogP contribution >= 0.6 is 0 Å². The van der Waals surface area contributed by atoms with Crippen molar-refractivity contribution in [3.05, 3.63) is 35.9 Å². The molecule has 1 aromatic rings. The first-order valence-electron chi connectivity index (χ1n) is 5.83. The maximum Gasteiger partial charge on any atom is 0.239 e. The topological polar surface area (TPSA) is 89.4 Å². The molecule has 5 heteroatoms. The summed E-state index contributed by atoms with van der Waals surface area (Å²) in [6, 6.07) is 9.21. The van der Waals surface area contributed by atoms with Crippen LogP contribution < -0.4 is 11.5 Å². The van der Waals surface area contributed by atoms with E-state index in [0.717, 1.165) is 12.0 Å². The maximum absolute atomic E-state index is 11.8. The van der Waals surface area contributed by atoms with E-state index < -0.39 is 11.9 Å². The lowest BCUT2D eigenvalue weighted by molar-refractivity contribution is -0.135. The van der Waals surface area contributed by atoms with E-state index in [1.54, 1.807) is 0 Å². The first-order valence-corrected chi connectivity index (χ1v) is 5.83. The van der Waals surface area contributed by atoms with E-state index in [-0.39, 0.29) is 12.5 Å². The number of likely N-dealkylation sites (N-methyl/N-ethyl adjacent to an activating group) is 1. The number of rotatable bonds is 6. The number of hydrogen-bond donors (Lipinski definition) is 2. The van der Waals surface area contributed by atoms with Gasteiger partial charge in [0.1, 0.15) is 0 Å². The molecule has 0 radical (unpaired) electrons. The van der Waals surface area contributed by atoms with Crippen molar-refractivity contribution in [3.63, 3.8) is 0 Å². The molecule has 1 rings (SSSR count). The Hall–Kier alpha value is -1.88. The summed E-state index contributed by atoms with van der Waals surface area (Å²) in [5, 5.41) is 0. The highest BCUT2D eigenvalue weighted by Gasteiger charge is 2.18. The fourth-order valence-electron chi connectivity index (χ4n) is 1.69. The Morgan fingerprint density at radius 1 is 1.28 bits per heavy atom. The molecule has 0 fully saturated rings. The van der Waals surface area contributed by atoms with Gasteiger partial charge in [0, 0.05) is 7.05 Å². The SMILES string of the molecule is CN(CC(N)=O)C(=O)C(N)CCc1ccccc1. The number of carbonyl (C=O) groups is 2. The fraction of sp³-hybridized carbons (Fsp3) is 0.385. The van der Waals surface area contributed by atoms with Gasteiger partial charge in [0.2, 0.25) is 11.8 Å². The molecule has 18 heavy (non-hydrogen) atoms. The number of hydrogen-bond acceptors (Lipinski definition) is 3. The molecule has 0 aliphatic rings. The minimum atomic E-state index is -0.602. The third kappa shape index (κ3) is 4.55. The van der Waals surface area contributed by atoms with Gasteiger partial charge in [0.25, 0.3) is 0 Å². The van der Waals surface area contributed by atoms with Crippen LogP contribution in [0.25, 0.3) is 0 Å². The number of nitrogens with zero attached hydrogens (tertiary/aromatic N) is 1. The van der Waals surface area contributed by atoms with E-state index in [1.165, 1.54) is 11.9 Å². The highest BCUT2D eigenvalue weighted by atomic mass is 16.2. The van der Waals surface area contributed by atoms with E-state index in [9.17, 15) is 9.59 Å². The summed E-state index contributed by atoms with van der Waals surface area (Å²) in [5.74, 6) is -0.800. The summed E-state index contributed by atoms with van der Waals surface area (Å²) >= 11 is 0. The molecular weight excluding hydrogens is 230 g/mol. The lowest BCUT2D eigenvalue weighted by Gasteiger charge is -2.19. The van der Waals surface area contributed by atoms with Crippen molar-refractivity contribution in [2.24, 2.45) is 11.5 Å². The van der Waals surface area contributed by atoms with Crippen LogP contribution in [0.15, 0.2) is 30.3 Å². The van der Waals surface area contributed by atoms with Gasteiger partial charge in [-0.05, 0) is 18.4 Å². The van der Waals surface area contributed by atoms with E-state index in [1.807, 2.05) is 30.3 Å². The minimum Gasteiger partial charge on any atom is -0.368 e. The molecule has 1 unspecified atom stereocenters. The third-order valence-corrected chi connectivity index (χ3v) is 2.67. The van der Waals surface area contributed by atoms with Crippen LogP contribution in [0, 0.1) is 0 Å². The molecule has 1 atom stereocenters. The van der Waals surface area contributed by atoms with Gasteiger partial charge in [-0.25, -0.2) is 0 Å². The Labute approximate surface area is 107 Å². The number of primary amides is 1. The molecule has 0 spiro atoms. The molecule has 0 aliphatic heterocycles. The predicted molar refractivity (Wildman–Crippen MR) is 69.6 cm³/mol. The lowest BCUT2D eigenvalue weighted by Crippen LogP contribution is -2.45. The minimum absolute atomic E-state index is 0.0993. The van der Waals surface area contributed by atoms with Crippen molar-refractivity contribution in [2.45, 2.75) is 18.9 Å². The second-order valence-electron chi connectivity index (χ2n) is 4.29. The van der Waals surface area contributed by atoms with Gasteiger partial charge in [0.05, 0.1) is 12.6 Å². The predicted octanol–water partition coefficient (Wildman–Crippen LogP) is -0.110. The van der Waals surface area contributed by atoms with Crippen molar-refractivity contribution in [1.82, 2.24) is 4.90 Å². The second-order valence-corrected chi connectivity index (χ2v) is 4.29. The highest BCUT2D eigenvalue weighted by molar-refractivity contribution is 5.86. The summed E-state index contributed by atoms with van der Waals surface area (Å²) in [5.41, 5.74) is 12.0. The number of amides is 2. The molecule has 0 saturated carbocycles. The van der Waals surface area contributed by atoms with Crippen LogP contribution in [0.4, 0.5) is 0 Å². The Morgan fingerprint density at radius 2 is 1.89 bits per heavy atom. The highest BCUT2D eigenvalue weighted by Crippen LogP contribution is 2.05. The largest absolute Gasteiger partial charge is 0.368 e. The van der Waals surface area contributed by atoms with Gasteiger partial charge < -0.3 is 16.4 Å². The van der Waals surface area contributed by atoms with Crippen LogP contribution in [0.2, 0.25) is 0 Å². The van der Waals surface area contributed by atoms with Crippen LogP contribution in [0.3, 0.4) is 0 Å². The van der Waals surface area contributed by atoms with Gasteiger partial charge in [-0.15, -0.1) is 0 Å². The van der Waals surface area contributed by atoms with E-state index in [4.69, 9.17) is 11.5 Å². The fourth-order valence-corrected chi connectivity index (χ4v) is 1.69. The first kappa shape index (κ1) is 14.2. The number of benzene rings is 1. The van der Waals surface area contributed by atoms with E-state index in [2.05, 4.69) is 0 Å². The van der Waals surface area contributed by atoms with Crippen molar-refractivity contribution >= 4 is 11.8 Å². The second kappa shape index (κ2) is 6.76. The smallest absolute Gasteiger partial charge is 0.239 e. The molecule has 0 heterocycles.